The Balaban J connectivity index is 0.00000133. The Kier molecular flexibility index (Phi) is 3.97. The van der Waals surface area contributed by atoms with Gasteiger partial charge in [0.05, 0.1) is 5.69 Å². The Labute approximate surface area is 127 Å². The van der Waals surface area contributed by atoms with Crippen molar-refractivity contribution in [3.8, 4) is 0 Å². The third-order valence-electron chi connectivity index (χ3n) is 3.12. The molecular formula is C12H15BIrN5. The second-order valence-electron chi connectivity index (χ2n) is 4.66. The summed E-state index contributed by atoms with van der Waals surface area (Å²) in [6.07, 6.45) is 1.57. The molecule has 2 heterocycles. The van der Waals surface area contributed by atoms with Gasteiger partial charge in [-0.2, -0.15) is 5.10 Å². The molecule has 1 aromatic heterocycles. The van der Waals surface area contributed by atoms with Crippen molar-refractivity contribution < 1.29 is 20.1 Å². The van der Waals surface area contributed by atoms with Gasteiger partial charge in [0.25, 0.3) is 0 Å². The SMILES string of the molecule is CC(C)N1[B]N(c2ncnn2C)c2ccccc21.[Ir]. The molecule has 0 N–H and O–H groups in total. The summed E-state index contributed by atoms with van der Waals surface area (Å²) in [6.45, 7) is 4.35. The standard InChI is InChI=1S/C12H15BN5.Ir/c1-9(2)17-10-6-4-5-7-11(10)18(13-17)12-14-8-15-16(12)3;/h4-9H,1-3H3;. The molecule has 1 aliphatic rings. The van der Waals surface area contributed by atoms with Gasteiger partial charge in [0, 0.05) is 38.9 Å². The summed E-state index contributed by atoms with van der Waals surface area (Å²) in [6, 6.07) is 8.73. The number of aryl methyl sites for hydroxylation is 1. The van der Waals surface area contributed by atoms with E-state index in [9.17, 15) is 0 Å². The third-order valence-corrected chi connectivity index (χ3v) is 3.12. The third kappa shape index (κ3) is 2.28. The molecule has 1 aromatic carbocycles. The first kappa shape index (κ1) is 14.1. The van der Waals surface area contributed by atoms with Gasteiger partial charge in [0.15, 0.2) is 0 Å². The molecule has 7 heteroatoms. The predicted octanol–water partition coefficient (Wildman–Crippen LogP) is 1.71. The van der Waals surface area contributed by atoms with Crippen molar-refractivity contribution in [1.82, 2.24) is 14.8 Å². The maximum Gasteiger partial charge on any atom is 0.399 e. The number of fused-ring (bicyclic) bond motifs is 1. The van der Waals surface area contributed by atoms with Crippen LogP contribution in [0.2, 0.25) is 0 Å². The van der Waals surface area contributed by atoms with Crippen molar-refractivity contribution in [2.75, 3.05) is 9.62 Å². The Bertz CT molecular complexity index is 571. The van der Waals surface area contributed by atoms with Crippen LogP contribution in [0.1, 0.15) is 13.8 Å². The van der Waals surface area contributed by atoms with Crippen LogP contribution in [-0.4, -0.2) is 28.4 Å². The van der Waals surface area contributed by atoms with E-state index in [4.69, 9.17) is 0 Å². The molecule has 0 bridgehead atoms. The molecular weight excluding hydrogens is 417 g/mol. The Morgan fingerprint density at radius 2 is 1.84 bits per heavy atom. The minimum Gasteiger partial charge on any atom is -0.395 e. The Hall–Kier alpha value is -1.33. The quantitative estimate of drug-likeness (QED) is 0.678. The molecule has 5 nitrogen and oxygen atoms in total. The van der Waals surface area contributed by atoms with E-state index in [1.165, 1.54) is 5.69 Å². The molecule has 2 aromatic rings. The summed E-state index contributed by atoms with van der Waals surface area (Å²) in [4.78, 5) is 8.62. The second-order valence-corrected chi connectivity index (χ2v) is 4.66. The first-order valence-electron chi connectivity index (χ1n) is 6.04. The second kappa shape index (κ2) is 5.35. The normalized spacial score (nSPS) is 13.3. The molecule has 0 atom stereocenters. The largest absolute Gasteiger partial charge is 0.399 e. The fraction of sp³-hybridized carbons (Fsp3) is 0.333. The number of hydrogen-bond donors (Lipinski definition) is 0. The molecule has 0 saturated carbocycles. The van der Waals surface area contributed by atoms with Gasteiger partial charge in [-0.3, -0.25) is 0 Å². The monoisotopic (exact) mass is 433 g/mol. The fourth-order valence-corrected chi connectivity index (χ4v) is 2.21. The van der Waals surface area contributed by atoms with Crippen molar-refractivity contribution in [2.24, 2.45) is 7.05 Å². The van der Waals surface area contributed by atoms with E-state index in [-0.39, 0.29) is 20.1 Å². The van der Waals surface area contributed by atoms with E-state index in [1.807, 2.05) is 13.1 Å². The molecule has 2 radical (unpaired) electrons. The van der Waals surface area contributed by atoms with Crippen molar-refractivity contribution in [3.05, 3.63) is 30.6 Å². The van der Waals surface area contributed by atoms with E-state index in [0.29, 0.717) is 6.04 Å². The van der Waals surface area contributed by atoms with E-state index < -0.39 is 0 Å². The van der Waals surface area contributed by atoms with Crippen molar-refractivity contribution >= 4 is 24.9 Å². The molecule has 0 aliphatic carbocycles. The summed E-state index contributed by atoms with van der Waals surface area (Å²) in [7, 11) is 3.98. The average molecular weight is 432 g/mol. The first-order valence-corrected chi connectivity index (χ1v) is 6.04. The van der Waals surface area contributed by atoms with Crippen LogP contribution in [0.15, 0.2) is 30.6 Å². The molecule has 100 valence electrons. The van der Waals surface area contributed by atoms with E-state index >= 15 is 0 Å². The van der Waals surface area contributed by atoms with Crippen molar-refractivity contribution in [2.45, 2.75) is 19.9 Å². The molecule has 0 saturated heterocycles. The van der Waals surface area contributed by atoms with Crippen LogP contribution in [0.25, 0.3) is 0 Å². The van der Waals surface area contributed by atoms with Gasteiger partial charge in [-0.1, -0.05) is 12.1 Å². The summed E-state index contributed by atoms with van der Waals surface area (Å²) in [5, 5.41) is 4.13. The number of hydrogen-bond acceptors (Lipinski definition) is 4. The van der Waals surface area contributed by atoms with Gasteiger partial charge in [-0.05, 0) is 26.0 Å². The maximum atomic E-state index is 4.31. The average Bonchev–Trinajstić information content (AvgIpc) is 2.92. The number of rotatable bonds is 2. The summed E-state index contributed by atoms with van der Waals surface area (Å²) in [5.74, 6) is 0.825. The van der Waals surface area contributed by atoms with Gasteiger partial charge in [-0.15, -0.1) is 0 Å². The maximum absolute atomic E-state index is 4.31. The van der Waals surface area contributed by atoms with Crippen molar-refractivity contribution in [3.63, 3.8) is 0 Å². The Morgan fingerprint density at radius 3 is 2.42 bits per heavy atom. The zero-order valence-corrected chi connectivity index (χ0v) is 13.5. The number of aromatic nitrogens is 3. The van der Waals surface area contributed by atoms with Crippen LogP contribution in [0.4, 0.5) is 17.3 Å². The van der Waals surface area contributed by atoms with E-state index in [1.54, 1.807) is 11.0 Å². The summed E-state index contributed by atoms with van der Waals surface area (Å²) in [5.41, 5.74) is 2.35. The van der Waals surface area contributed by atoms with Crippen LogP contribution in [0.5, 0.6) is 0 Å². The van der Waals surface area contributed by atoms with Crippen LogP contribution in [0.3, 0.4) is 0 Å². The zero-order valence-electron chi connectivity index (χ0n) is 11.1. The molecule has 1 aliphatic heterocycles. The zero-order chi connectivity index (χ0) is 12.7. The number of anilines is 3. The van der Waals surface area contributed by atoms with Crippen LogP contribution in [-0.2, 0) is 27.2 Å². The molecule has 0 spiro atoms. The fourth-order valence-electron chi connectivity index (χ4n) is 2.21. The Morgan fingerprint density at radius 1 is 1.16 bits per heavy atom. The topological polar surface area (TPSA) is 37.2 Å². The number of nitrogens with zero attached hydrogens (tertiary/aromatic N) is 5. The van der Waals surface area contributed by atoms with Gasteiger partial charge in [0.2, 0.25) is 5.95 Å². The first-order chi connectivity index (χ1) is 8.68. The molecule has 0 unspecified atom stereocenters. The molecule has 3 rings (SSSR count). The van der Waals surface area contributed by atoms with Crippen molar-refractivity contribution in [1.29, 1.82) is 0 Å². The minimum absolute atomic E-state index is 0. The number of para-hydroxylation sites is 2. The van der Waals surface area contributed by atoms with E-state index in [2.05, 4.69) is 59.3 Å². The van der Waals surface area contributed by atoms with Crippen LogP contribution in [0, 0.1) is 0 Å². The van der Waals surface area contributed by atoms with Crippen LogP contribution >= 0.6 is 0 Å². The smallest absolute Gasteiger partial charge is 0.395 e. The van der Waals surface area contributed by atoms with Crippen LogP contribution < -0.4 is 9.62 Å². The summed E-state index contributed by atoms with van der Waals surface area (Å²) < 4.78 is 1.77. The molecule has 19 heavy (non-hydrogen) atoms. The predicted molar refractivity (Wildman–Crippen MR) is 73.0 cm³/mol. The summed E-state index contributed by atoms with van der Waals surface area (Å²) >= 11 is 0. The van der Waals surface area contributed by atoms with Gasteiger partial charge >= 0.3 is 7.55 Å². The molecule has 0 fully saturated rings. The number of benzene rings is 1. The van der Waals surface area contributed by atoms with Gasteiger partial charge in [0.1, 0.15) is 6.33 Å². The van der Waals surface area contributed by atoms with Gasteiger partial charge < -0.3 is 9.62 Å². The van der Waals surface area contributed by atoms with E-state index in [0.717, 1.165) is 11.6 Å². The molecule has 0 amide bonds. The van der Waals surface area contributed by atoms with Gasteiger partial charge in [-0.25, -0.2) is 9.67 Å². The minimum atomic E-state index is 0.